The highest BCUT2D eigenvalue weighted by Gasteiger charge is 2.11. The van der Waals surface area contributed by atoms with Crippen LogP contribution in [0, 0.1) is 13.8 Å². The number of sulfonamides is 1. The molecule has 2 rings (SSSR count). The summed E-state index contributed by atoms with van der Waals surface area (Å²) in [7, 11) is -1.66. The van der Waals surface area contributed by atoms with E-state index in [4.69, 9.17) is 4.74 Å². The largest absolute Gasteiger partial charge is 0.496 e. The van der Waals surface area contributed by atoms with Crippen molar-refractivity contribution >= 4 is 10.0 Å². The molecule has 0 aliphatic rings. The highest BCUT2D eigenvalue weighted by Crippen LogP contribution is 2.22. The highest BCUT2D eigenvalue weighted by molar-refractivity contribution is 7.88. The monoisotopic (exact) mass is 333 g/mol. The van der Waals surface area contributed by atoms with Crippen LogP contribution in [0.1, 0.15) is 22.3 Å². The molecule has 0 amide bonds. The highest BCUT2D eigenvalue weighted by atomic mass is 32.2. The van der Waals surface area contributed by atoms with E-state index in [1.807, 2.05) is 50.2 Å². The van der Waals surface area contributed by atoms with Crippen LogP contribution in [0.15, 0.2) is 42.5 Å². The molecule has 2 aromatic rings. The summed E-state index contributed by atoms with van der Waals surface area (Å²) in [5.41, 5.74) is 4.08. The Labute approximate surface area is 138 Å². The minimum absolute atomic E-state index is 0.00840. The smallest absolute Gasteiger partial charge is 0.215 e. The third kappa shape index (κ3) is 5.08. The summed E-state index contributed by atoms with van der Waals surface area (Å²) in [5.74, 6) is 0.866. The Morgan fingerprint density at radius 3 is 2.39 bits per heavy atom. The fraction of sp³-hybridized carbons (Fsp3) is 0.333. The minimum Gasteiger partial charge on any atom is -0.496 e. The molecule has 0 saturated carbocycles. The van der Waals surface area contributed by atoms with E-state index in [1.54, 1.807) is 7.11 Å². The van der Waals surface area contributed by atoms with Gasteiger partial charge in [-0.3, -0.25) is 0 Å². The topological polar surface area (TPSA) is 55.4 Å². The molecule has 5 heteroatoms. The second-order valence-corrected chi connectivity index (χ2v) is 7.44. The fourth-order valence-corrected chi connectivity index (χ4v) is 3.67. The van der Waals surface area contributed by atoms with Crippen LogP contribution >= 0.6 is 0 Å². The molecule has 0 bridgehead atoms. The van der Waals surface area contributed by atoms with E-state index in [9.17, 15) is 8.42 Å². The van der Waals surface area contributed by atoms with E-state index in [-0.39, 0.29) is 5.75 Å². The quantitative estimate of drug-likeness (QED) is 0.847. The van der Waals surface area contributed by atoms with Crippen molar-refractivity contribution in [3.8, 4) is 5.75 Å². The third-order valence-electron chi connectivity index (χ3n) is 3.77. The standard InChI is InChI=1S/C18H23NO3S/c1-14-12-18(22-3)15(2)11-17(14)9-10-19-23(20,21)13-16-7-5-4-6-8-16/h4-8,11-12,19H,9-10,13H2,1-3H3. The molecule has 0 atom stereocenters. The second kappa shape index (κ2) is 7.62. The summed E-state index contributed by atoms with van der Waals surface area (Å²) in [5, 5.41) is 0. The number of rotatable bonds is 7. The maximum atomic E-state index is 12.1. The summed E-state index contributed by atoms with van der Waals surface area (Å²) in [6.45, 7) is 4.39. The van der Waals surface area contributed by atoms with Crippen LogP contribution in [0.3, 0.4) is 0 Å². The van der Waals surface area contributed by atoms with Crippen molar-refractivity contribution in [2.24, 2.45) is 0 Å². The maximum Gasteiger partial charge on any atom is 0.215 e. The normalized spacial score (nSPS) is 11.4. The van der Waals surface area contributed by atoms with Crippen molar-refractivity contribution in [2.75, 3.05) is 13.7 Å². The molecule has 0 aliphatic heterocycles. The van der Waals surface area contributed by atoms with Crippen molar-refractivity contribution in [1.29, 1.82) is 0 Å². The van der Waals surface area contributed by atoms with Gasteiger partial charge in [-0.15, -0.1) is 0 Å². The van der Waals surface area contributed by atoms with Gasteiger partial charge in [0.2, 0.25) is 10.0 Å². The molecule has 0 unspecified atom stereocenters. The number of aryl methyl sites for hydroxylation is 2. The lowest BCUT2D eigenvalue weighted by Gasteiger charge is -2.12. The fourth-order valence-electron chi connectivity index (χ4n) is 2.52. The van der Waals surface area contributed by atoms with Crippen molar-refractivity contribution in [3.63, 3.8) is 0 Å². The first-order valence-electron chi connectivity index (χ1n) is 7.56. The van der Waals surface area contributed by atoms with Crippen molar-refractivity contribution in [2.45, 2.75) is 26.0 Å². The van der Waals surface area contributed by atoms with Gasteiger partial charge in [0.05, 0.1) is 12.9 Å². The molecule has 0 saturated heterocycles. The number of ether oxygens (including phenoxy) is 1. The van der Waals surface area contributed by atoms with Crippen LogP contribution in [0.25, 0.3) is 0 Å². The maximum absolute atomic E-state index is 12.1. The van der Waals surface area contributed by atoms with E-state index < -0.39 is 10.0 Å². The van der Waals surface area contributed by atoms with Crippen LogP contribution < -0.4 is 9.46 Å². The van der Waals surface area contributed by atoms with Crippen LogP contribution in [0.5, 0.6) is 5.75 Å². The van der Waals surface area contributed by atoms with Gasteiger partial charge < -0.3 is 4.74 Å². The van der Waals surface area contributed by atoms with Gasteiger partial charge in [-0.2, -0.15) is 0 Å². The average Bonchev–Trinajstić information content (AvgIpc) is 2.50. The van der Waals surface area contributed by atoms with Gasteiger partial charge in [-0.25, -0.2) is 13.1 Å². The van der Waals surface area contributed by atoms with Gasteiger partial charge in [0.15, 0.2) is 0 Å². The molecule has 23 heavy (non-hydrogen) atoms. The lowest BCUT2D eigenvalue weighted by atomic mass is 10.0. The molecular weight excluding hydrogens is 310 g/mol. The molecular formula is C18H23NO3S. The average molecular weight is 333 g/mol. The molecule has 0 fully saturated rings. The second-order valence-electron chi connectivity index (χ2n) is 5.64. The summed E-state index contributed by atoms with van der Waals surface area (Å²) in [6.07, 6.45) is 0.657. The number of benzene rings is 2. The Balaban J connectivity index is 1.95. The van der Waals surface area contributed by atoms with Gasteiger partial charge in [0.25, 0.3) is 0 Å². The van der Waals surface area contributed by atoms with E-state index >= 15 is 0 Å². The molecule has 0 radical (unpaired) electrons. The van der Waals surface area contributed by atoms with Gasteiger partial charge in [-0.05, 0) is 48.6 Å². The molecule has 0 aliphatic carbocycles. The van der Waals surface area contributed by atoms with Crippen LogP contribution in [-0.4, -0.2) is 22.1 Å². The Hall–Kier alpha value is -1.85. The predicted molar refractivity (Wildman–Crippen MR) is 93.2 cm³/mol. The lowest BCUT2D eigenvalue weighted by Crippen LogP contribution is -2.27. The third-order valence-corrected chi connectivity index (χ3v) is 5.13. The zero-order valence-corrected chi connectivity index (χ0v) is 14.6. The zero-order chi connectivity index (χ0) is 16.9. The van der Waals surface area contributed by atoms with E-state index in [2.05, 4.69) is 10.8 Å². The molecule has 1 N–H and O–H groups in total. The Bertz CT molecular complexity index is 755. The van der Waals surface area contributed by atoms with Crippen molar-refractivity contribution < 1.29 is 13.2 Å². The van der Waals surface area contributed by atoms with Crippen LogP contribution in [-0.2, 0) is 22.2 Å². The van der Waals surface area contributed by atoms with E-state index in [0.29, 0.717) is 13.0 Å². The zero-order valence-electron chi connectivity index (χ0n) is 13.8. The van der Waals surface area contributed by atoms with Gasteiger partial charge >= 0.3 is 0 Å². The first-order chi connectivity index (χ1) is 10.9. The molecule has 0 heterocycles. The molecule has 0 spiro atoms. The van der Waals surface area contributed by atoms with Gasteiger partial charge in [-0.1, -0.05) is 36.4 Å². The minimum atomic E-state index is -3.32. The summed E-state index contributed by atoms with van der Waals surface area (Å²) < 4.78 is 32.2. The first-order valence-corrected chi connectivity index (χ1v) is 9.22. The Kier molecular flexibility index (Phi) is 5.80. The molecule has 2 aromatic carbocycles. The molecule has 124 valence electrons. The Morgan fingerprint density at radius 2 is 1.74 bits per heavy atom. The van der Waals surface area contributed by atoms with Crippen LogP contribution in [0.2, 0.25) is 0 Å². The summed E-state index contributed by atoms with van der Waals surface area (Å²) in [4.78, 5) is 0. The van der Waals surface area contributed by atoms with Gasteiger partial charge in [0.1, 0.15) is 5.75 Å². The number of hydrogen-bond donors (Lipinski definition) is 1. The van der Waals surface area contributed by atoms with Crippen molar-refractivity contribution in [3.05, 3.63) is 64.7 Å². The lowest BCUT2D eigenvalue weighted by molar-refractivity contribution is 0.411. The summed E-state index contributed by atoms with van der Waals surface area (Å²) in [6, 6.07) is 13.2. The van der Waals surface area contributed by atoms with E-state index in [0.717, 1.165) is 28.0 Å². The van der Waals surface area contributed by atoms with Gasteiger partial charge in [0, 0.05) is 6.54 Å². The van der Waals surface area contributed by atoms with Crippen LogP contribution in [0.4, 0.5) is 0 Å². The number of hydrogen-bond acceptors (Lipinski definition) is 3. The first kappa shape index (κ1) is 17.5. The molecule has 4 nitrogen and oxygen atoms in total. The molecule has 0 aromatic heterocycles. The Morgan fingerprint density at radius 1 is 1.04 bits per heavy atom. The van der Waals surface area contributed by atoms with Crippen molar-refractivity contribution in [1.82, 2.24) is 4.72 Å². The SMILES string of the molecule is COc1cc(C)c(CCNS(=O)(=O)Cc2ccccc2)cc1C. The summed E-state index contributed by atoms with van der Waals surface area (Å²) >= 11 is 0. The number of nitrogens with one attached hydrogen (secondary N) is 1. The number of methoxy groups -OCH3 is 1. The predicted octanol–water partition coefficient (Wildman–Crippen LogP) is 2.97. The van der Waals surface area contributed by atoms with E-state index in [1.165, 1.54) is 0 Å².